The van der Waals surface area contributed by atoms with Crippen LogP contribution >= 0.6 is 0 Å². The smallest absolute Gasteiger partial charge is 0.292 e. The summed E-state index contributed by atoms with van der Waals surface area (Å²) in [6, 6.07) is 5.59. The van der Waals surface area contributed by atoms with E-state index in [1.165, 1.54) is 6.20 Å². The van der Waals surface area contributed by atoms with E-state index < -0.39 is 6.04 Å². The van der Waals surface area contributed by atoms with Crippen LogP contribution in [-0.4, -0.2) is 51.7 Å². The molecule has 0 saturated heterocycles. The van der Waals surface area contributed by atoms with Gasteiger partial charge in [-0.3, -0.25) is 9.48 Å². The van der Waals surface area contributed by atoms with Gasteiger partial charge in [0.25, 0.3) is 5.91 Å². The second kappa shape index (κ2) is 7.16. The first-order chi connectivity index (χ1) is 16.0. The molecule has 0 spiro atoms. The molecule has 6 heterocycles. The topological polar surface area (TPSA) is 110 Å². The Morgan fingerprint density at radius 3 is 2.91 bits per heavy atom. The molecule has 10 nitrogen and oxygen atoms in total. The molecule has 1 unspecified atom stereocenters. The van der Waals surface area contributed by atoms with Crippen LogP contribution in [0.1, 0.15) is 44.9 Å². The Hall–Kier alpha value is -4.21. The number of carbonyl (C=O) groups excluding carboxylic acids is 1. The van der Waals surface area contributed by atoms with E-state index in [1.807, 2.05) is 49.8 Å². The number of aromatic nitrogens is 7. The van der Waals surface area contributed by atoms with Gasteiger partial charge in [0.15, 0.2) is 0 Å². The number of oxazole rings is 1. The Kier molecular flexibility index (Phi) is 4.22. The first kappa shape index (κ1) is 19.5. The van der Waals surface area contributed by atoms with Crippen molar-refractivity contribution in [3.63, 3.8) is 0 Å². The van der Waals surface area contributed by atoms with Crippen LogP contribution in [0.2, 0.25) is 0 Å². The molecule has 0 saturated carbocycles. The van der Waals surface area contributed by atoms with Gasteiger partial charge in [-0.1, -0.05) is 6.07 Å². The van der Waals surface area contributed by atoms with Crippen molar-refractivity contribution in [1.29, 1.82) is 0 Å². The number of fused-ring (bicyclic) bond motifs is 2. The van der Waals surface area contributed by atoms with Gasteiger partial charge in [0, 0.05) is 37.6 Å². The molecule has 5 aromatic heterocycles. The number of nitrogens with one attached hydrogen (secondary N) is 1. The van der Waals surface area contributed by atoms with E-state index in [1.54, 1.807) is 22.1 Å². The van der Waals surface area contributed by atoms with E-state index in [9.17, 15) is 4.79 Å². The van der Waals surface area contributed by atoms with E-state index in [0.717, 1.165) is 39.4 Å². The van der Waals surface area contributed by atoms with Crippen molar-refractivity contribution in [1.82, 2.24) is 39.2 Å². The number of rotatable bonds is 3. The molecule has 0 fully saturated rings. The van der Waals surface area contributed by atoms with Gasteiger partial charge < -0.3 is 14.3 Å². The lowest BCUT2D eigenvalue weighted by molar-refractivity contribution is 0.0655. The minimum absolute atomic E-state index is 0.178. The van der Waals surface area contributed by atoms with E-state index in [0.29, 0.717) is 18.9 Å². The van der Waals surface area contributed by atoms with Crippen LogP contribution in [0.3, 0.4) is 0 Å². The summed E-state index contributed by atoms with van der Waals surface area (Å²) >= 11 is 0. The fourth-order valence-corrected chi connectivity index (χ4v) is 4.45. The first-order valence-electron chi connectivity index (χ1n) is 10.7. The summed E-state index contributed by atoms with van der Waals surface area (Å²) in [5.41, 5.74) is 6.36. The highest BCUT2D eigenvalue weighted by molar-refractivity contribution is 5.92. The van der Waals surface area contributed by atoms with Gasteiger partial charge in [0.2, 0.25) is 11.7 Å². The SMILES string of the molecule is Cc1cccn2nc(C3c4nc[nH]c4CCN3C(=O)c3cnc(-c4cnn(C)c4C)o3)cc12. The van der Waals surface area contributed by atoms with E-state index >= 15 is 0 Å². The third-order valence-electron chi connectivity index (χ3n) is 6.38. The van der Waals surface area contributed by atoms with Gasteiger partial charge in [-0.2, -0.15) is 10.2 Å². The molecule has 1 atom stereocenters. The summed E-state index contributed by atoms with van der Waals surface area (Å²) in [6.07, 6.45) is 7.42. The average molecular weight is 442 g/mol. The quantitative estimate of drug-likeness (QED) is 0.460. The number of amides is 1. The van der Waals surface area contributed by atoms with Crippen molar-refractivity contribution >= 4 is 11.4 Å². The standard InChI is InChI=1S/C23H22N8O2/c1-13-5-4-7-31-18(13)9-17(28-31)21-20-16(25-12-26-20)6-8-30(21)23(32)19-11-24-22(33-19)15-10-27-29(3)14(15)2/h4-5,7,9-12,21H,6,8H2,1-3H3,(H,25,26). The molecule has 0 bridgehead atoms. The lowest BCUT2D eigenvalue weighted by Gasteiger charge is -2.33. The molecule has 166 valence electrons. The Morgan fingerprint density at radius 1 is 1.24 bits per heavy atom. The molecule has 1 aliphatic rings. The number of H-pyrrole nitrogens is 1. The van der Waals surface area contributed by atoms with Crippen LogP contribution in [0.25, 0.3) is 17.0 Å². The van der Waals surface area contributed by atoms with E-state index in [-0.39, 0.29) is 11.7 Å². The van der Waals surface area contributed by atoms with Gasteiger partial charge in [-0.05, 0) is 31.5 Å². The molecule has 1 aliphatic heterocycles. The van der Waals surface area contributed by atoms with Crippen LogP contribution in [0.15, 0.2) is 47.5 Å². The zero-order chi connectivity index (χ0) is 22.7. The van der Waals surface area contributed by atoms with Crippen molar-refractivity contribution in [3.8, 4) is 11.5 Å². The highest BCUT2D eigenvalue weighted by atomic mass is 16.4. The predicted octanol–water partition coefficient (Wildman–Crippen LogP) is 2.85. The second-order valence-electron chi connectivity index (χ2n) is 8.30. The molecule has 6 rings (SSSR count). The molecular weight excluding hydrogens is 420 g/mol. The normalized spacial score (nSPS) is 15.8. The Balaban J connectivity index is 1.41. The number of hydrogen-bond donors (Lipinski definition) is 1. The summed E-state index contributed by atoms with van der Waals surface area (Å²) in [4.78, 5) is 27.5. The number of imidazole rings is 1. The molecule has 5 aromatic rings. The molecular formula is C23H22N8O2. The molecule has 0 aliphatic carbocycles. The predicted molar refractivity (Wildman–Crippen MR) is 119 cm³/mol. The molecule has 0 radical (unpaired) electrons. The first-order valence-corrected chi connectivity index (χ1v) is 10.7. The third-order valence-corrected chi connectivity index (χ3v) is 6.38. The summed E-state index contributed by atoms with van der Waals surface area (Å²) in [5.74, 6) is 0.307. The van der Waals surface area contributed by atoms with Gasteiger partial charge >= 0.3 is 0 Å². The highest BCUT2D eigenvalue weighted by Gasteiger charge is 2.37. The number of aryl methyl sites for hydroxylation is 2. The lowest BCUT2D eigenvalue weighted by Crippen LogP contribution is -2.40. The maximum Gasteiger partial charge on any atom is 0.292 e. The number of pyridine rings is 1. The fourth-order valence-electron chi connectivity index (χ4n) is 4.45. The minimum atomic E-state index is -0.430. The zero-order valence-electron chi connectivity index (χ0n) is 18.5. The fraction of sp³-hybridized carbons (Fsp3) is 0.261. The number of nitrogens with zero attached hydrogens (tertiary/aromatic N) is 7. The van der Waals surface area contributed by atoms with Gasteiger partial charge in [0.1, 0.15) is 6.04 Å². The number of carbonyl (C=O) groups is 1. The van der Waals surface area contributed by atoms with E-state index in [2.05, 4.69) is 20.1 Å². The summed E-state index contributed by atoms with van der Waals surface area (Å²) in [6.45, 7) is 4.48. The van der Waals surface area contributed by atoms with Crippen molar-refractivity contribution in [2.75, 3.05) is 6.54 Å². The van der Waals surface area contributed by atoms with Gasteiger partial charge in [-0.25, -0.2) is 14.5 Å². The average Bonchev–Trinajstić information content (AvgIpc) is 3.60. The van der Waals surface area contributed by atoms with Gasteiger partial charge in [0.05, 0.1) is 41.2 Å². The van der Waals surface area contributed by atoms with Crippen molar-refractivity contribution in [2.24, 2.45) is 7.05 Å². The molecule has 1 N–H and O–H groups in total. The molecule has 33 heavy (non-hydrogen) atoms. The monoisotopic (exact) mass is 442 g/mol. The second-order valence-corrected chi connectivity index (χ2v) is 8.30. The number of hydrogen-bond acceptors (Lipinski definition) is 6. The van der Waals surface area contributed by atoms with Crippen LogP contribution in [0.4, 0.5) is 0 Å². The van der Waals surface area contributed by atoms with Gasteiger partial charge in [-0.15, -0.1) is 0 Å². The number of aromatic amines is 1. The Morgan fingerprint density at radius 2 is 2.12 bits per heavy atom. The Labute approximate surface area is 188 Å². The van der Waals surface area contributed by atoms with Crippen LogP contribution in [0.5, 0.6) is 0 Å². The molecule has 10 heteroatoms. The summed E-state index contributed by atoms with van der Waals surface area (Å²) in [7, 11) is 1.85. The summed E-state index contributed by atoms with van der Waals surface area (Å²) in [5, 5.41) is 9.01. The maximum atomic E-state index is 13.6. The van der Waals surface area contributed by atoms with Crippen LogP contribution < -0.4 is 0 Å². The zero-order valence-corrected chi connectivity index (χ0v) is 18.5. The maximum absolute atomic E-state index is 13.6. The molecule has 0 aromatic carbocycles. The van der Waals surface area contributed by atoms with Crippen molar-refractivity contribution < 1.29 is 9.21 Å². The lowest BCUT2D eigenvalue weighted by atomic mass is 9.99. The van der Waals surface area contributed by atoms with Crippen LogP contribution in [-0.2, 0) is 13.5 Å². The largest absolute Gasteiger partial charge is 0.431 e. The minimum Gasteiger partial charge on any atom is -0.431 e. The molecule has 1 amide bonds. The van der Waals surface area contributed by atoms with Crippen LogP contribution in [0, 0.1) is 13.8 Å². The Bertz CT molecular complexity index is 1500. The third kappa shape index (κ3) is 2.98. The summed E-state index contributed by atoms with van der Waals surface area (Å²) < 4.78 is 9.48. The van der Waals surface area contributed by atoms with Crippen molar-refractivity contribution in [2.45, 2.75) is 26.3 Å². The highest BCUT2D eigenvalue weighted by Crippen LogP contribution is 2.35. The van der Waals surface area contributed by atoms with Crippen molar-refractivity contribution in [3.05, 3.63) is 77.2 Å². The van der Waals surface area contributed by atoms with E-state index in [4.69, 9.17) is 9.52 Å².